The summed E-state index contributed by atoms with van der Waals surface area (Å²) in [5, 5.41) is 4.28. The summed E-state index contributed by atoms with van der Waals surface area (Å²) in [5.41, 5.74) is 2.76. The number of amides is 1. The Morgan fingerprint density at radius 1 is 1.23 bits per heavy atom. The zero-order chi connectivity index (χ0) is 15.1. The van der Waals surface area contributed by atoms with Crippen molar-refractivity contribution in [1.82, 2.24) is 19.1 Å². The van der Waals surface area contributed by atoms with Gasteiger partial charge in [0.15, 0.2) is 0 Å². The van der Waals surface area contributed by atoms with Gasteiger partial charge in [-0.3, -0.25) is 4.79 Å². The number of carbonyl (C=O) groups excluding carboxylic acids is 1. The Morgan fingerprint density at radius 2 is 2.14 bits per heavy atom. The number of aromatic nitrogens is 3. The highest BCUT2D eigenvalue weighted by Crippen LogP contribution is 2.30. The highest BCUT2D eigenvalue weighted by atomic mass is 16.2. The molecular formula is C17H18N4O. The van der Waals surface area contributed by atoms with E-state index in [0.29, 0.717) is 5.56 Å². The van der Waals surface area contributed by atoms with Crippen molar-refractivity contribution in [2.75, 3.05) is 6.54 Å². The van der Waals surface area contributed by atoms with E-state index in [4.69, 9.17) is 0 Å². The molecule has 1 amide bonds. The quantitative estimate of drug-likeness (QED) is 0.729. The maximum Gasteiger partial charge on any atom is 0.258 e. The van der Waals surface area contributed by atoms with Crippen LogP contribution in [0.1, 0.15) is 35.4 Å². The molecule has 4 heterocycles. The SMILES string of the molecule is CCC1c2cccn2CCN1C(=O)c1cnn2ccccc12. The van der Waals surface area contributed by atoms with Gasteiger partial charge in [0, 0.05) is 31.2 Å². The third-order valence-corrected chi connectivity index (χ3v) is 4.47. The Bertz CT molecular complexity index is 832. The lowest BCUT2D eigenvalue weighted by molar-refractivity contribution is 0.0620. The predicted molar refractivity (Wildman–Crippen MR) is 83.7 cm³/mol. The highest BCUT2D eigenvalue weighted by molar-refractivity contribution is 6.00. The average Bonchev–Trinajstić information content (AvgIpc) is 3.19. The highest BCUT2D eigenvalue weighted by Gasteiger charge is 2.31. The van der Waals surface area contributed by atoms with Crippen molar-refractivity contribution in [2.45, 2.75) is 25.9 Å². The molecule has 0 radical (unpaired) electrons. The van der Waals surface area contributed by atoms with Crippen LogP contribution in [0.15, 0.2) is 48.9 Å². The monoisotopic (exact) mass is 294 g/mol. The second kappa shape index (κ2) is 5.02. The topological polar surface area (TPSA) is 42.5 Å². The first-order chi connectivity index (χ1) is 10.8. The third-order valence-electron chi connectivity index (χ3n) is 4.47. The van der Waals surface area contributed by atoms with E-state index in [0.717, 1.165) is 25.0 Å². The molecular weight excluding hydrogens is 276 g/mol. The van der Waals surface area contributed by atoms with Gasteiger partial charge in [0.1, 0.15) is 0 Å². The molecule has 5 heteroatoms. The van der Waals surface area contributed by atoms with E-state index in [-0.39, 0.29) is 11.9 Å². The maximum atomic E-state index is 13.0. The van der Waals surface area contributed by atoms with Crippen molar-refractivity contribution in [3.05, 3.63) is 60.2 Å². The largest absolute Gasteiger partial charge is 0.348 e. The lowest BCUT2D eigenvalue weighted by atomic mass is 10.1. The molecule has 0 aromatic carbocycles. The molecule has 4 rings (SSSR count). The van der Waals surface area contributed by atoms with Gasteiger partial charge in [-0.05, 0) is 30.7 Å². The first-order valence-corrected chi connectivity index (χ1v) is 7.68. The van der Waals surface area contributed by atoms with Crippen LogP contribution in [0.2, 0.25) is 0 Å². The maximum absolute atomic E-state index is 13.0. The molecule has 0 N–H and O–H groups in total. The average molecular weight is 294 g/mol. The zero-order valence-electron chi connectivity index (χ0n) is 12.5. The molecule has 1 atom stereocenters. The summed E-state index contributed by atoms with van der Waals surface area (Å²) in [6.07, 6.45) is 6.55. The molecule has 0 fully saturated rings. The van der Waals surface area contributed by atoms with Gasteiger partial charge in [0.2, 0.25) is 0 Å². The van der Waals surface area contributed by atoms with Gasteiger partial charge in [-0.25, -0.2) is 4.52 Å². The first-order valence-electron chi connectivity index (χ1n) is 7.68. The van der Waals surface area contributed by atoms with Crippen LogP contribution >= 0.6 is 0 Å². The van der Waals surface area contributed by atoms with E-state index in [1.165, 1.54) is 5.69 Å². The summed E-state index contributed by atoms with van der Waals surface area (Å²) in [6, 6.07) is 10.1. The standard InChI is InChI=1S/C17H18N4O/c1-2-14-16-7-5-8-19(16)10-11-20(14)17(22)13-12-18-21-9-4-3-6-15(13)21/h3-9,12,14H,2,10-11H2,1H3. The lowest BCUT2D eigenvalue weighted by Gasteiger charge is -2.36. The smallest absolute Gasteiger partial charge is 0.258 e. The molecule has 1 unspecified atom stereocenters. The van der Waals surface area contributed by atoms with Crippen molar-refractivity contribution >= 4 is 11.4 Å². The van der Waals surface area contributed by atoms with E-state index in [2.05, 4.69) is 34.9 Å². The zero-order valence-corrected chi connectivity index (χ0v) is 12.5. The normalized spacial score (nSPS) is 17.7. The molecule has 5 nitrogen and oxygen atoms in total. The number of carbonyl (C=O) groups is 1. The van der Waals surface area contributed by atoms with Crippen LogP contribution in [-0.2, 0) is 6.54 Å². The van der Waals surface area contributed by atoms with Gasteiger partial charge in [-0.15, -0.1) is 0 Å². The van der Waals surface area contributed by atoms with Crippen LogP contribution in [0, 0.1) is 0 Å². The number of hydrogen-bond acceptors (Lipinski definition) is 2. The second-order valence-electron chi connectivity index (χ2n) is 5.64. The number of pyridine rings is 1. The summed E-state index contributed by atoms with van der Waals surface area (Å²) in [7, 11) is 0. The molecule has 112 valence electrons. The second-order valence-corrected chi connectivity index (χ2v) is 5.64. The fourth-order valence-electron chi connectivity index (χ4n) is 3.39. The Hall–Kier alpha value is -2.56. The van der Waals surface area contributed by atoms with E-state index in [9.17, 15) is 4.79 Å². The van der Waals surface area contributed by atoms with Crippen molar-refractivity contribution in [3.8, 4) is 0 Å². The number of fused-ring (bicyclic) bond motifs is 2. The molecule has 0 aliphatic carbocycles. The molecule has 1 aliphatic rings. The van der Waals surface area contributed by atoms with Gasteiger partial charge in [0.05, 0.1) is 23.3 Å². The third kappa shape index (κ3) is 1.85. The first kappa shape index (κ1) is 13.1. The Morgan fingerprint density at radius 3 is 3.00 bits per heavy atom. The van der Waals surface area contributed by atoms with Crippen LogP contribution in [0.4, 0.5) is 0 Å². The van der Waals surface area contributed by atoms with Crippen LogP contribution in [0.3, 0.4) is 0 Å². The molecule has 0 bridgehead atoms. The fourth-order valence-corrected chi connectivity index (χ4v) is 3.39. The van der Waals surface area contributed by atoms with Gasteiger partial charge >= 0.3 is 0 Å². The van der Waals surface area contributed by atoms with Gasteiger partial charge in [-0.2, -0.15) is 5.10 Å². The van der Waals surface area contributed by atoms with Crippen molar-refractivity contribution in [1.29, 1.82) is 0 Å². The minimum Gasteiger partial charge on any atom is -0.348 e. The summed E-state index contributed by atoms with van der Waals surface area (Å²) >= 11 is 0. The summed E-state index contributed by atoms with van der Waals surface area (Å²) < 4.78 is 3.99. The minimum atomic E-state index is 0.0699. The molecule has 0 saturated heterocycles. The Balaban J connectivity index is 1.74. The molecule has 3 aromatic heterocycles. The van der Waals surface area contributed by atoms with Gasteiger partial charge < -0.3 is 9.47 Å². The lowest BCUT2D eigenvalue weighted by Crippen LogP contribution is -2.41. The fraction of sp³-hybridized carbons (Fsp3) is 0.294. The predicted octanol–water partition coefficient (Wildman–Crippen LogP) is 2.74. The van der Waals surface area contributed by atoms with E-state index in [1.54, 1.807) is 10.7 Å². The van der Waals surface area contributed by atoms with Crippen molar-refractivity contribution in [2.24, 2.45) is 0 Å². The van der Waals surface area contributed by atoms with E-state index in [1.807, 2.05) is 29.3 Å². The molecule has 0 spiro atoms. The molecule has 3 aromatic rings. The summed E-state index contributed by atoms with van der Waals surface area (Å²) in [6.45, 7) is 3.72. The van der Waals surface area contributed by atoms with Crippen LogP contribution in [0.25, 0.3) is 5.52 Å². The number of nitrogens with zero attached hydrogens (tertiary/aromatic N) is 4. The van der Waals surface area contributed by atoms with Gasteiger partial charge in [-0.1, -0.05) is 13.0 Å². The summed E-state index contributed by atoms with van der Waals surface area (Å²) in [4.78, 5) is 15.0. The van der Waals surface area contributed by atoms with Crippen LogP contribution < -0.4 is 0 Å². The molecule has 1 aliphatic heterocycles. The van der Waals surface area contributed by atoms with Gasteiger partial charge in [0.25, 0.3) is 5.91 Å². The van der Waals surface area contributed by atoms with Crippen LogP contribution in [0.5, 0.6) is 0 Å². The molecule has 22 heavy (non-hydrogen) atoms. The Kier molecular flexibility index (Phi) is 2.99. The van der Waals surface area contributed by atoms with Crippen molar-refractivity contribution < 1.29 is 4.79 Å². The summed E-state index contributed by atoms with van der Waals surface area (Å²) in [5.74, 6) is 0.0699. The molecule has 0 saturated carbocycles. The Labute approximate surface area is 128 Å². The minimum absolute atomic E-state index is 0.0699. The van der Waals surface area contributed by atoms with E-state index >= 15 is 0 Å². The van der Waals surface area contributed by atoms with Crippen LogP contribution in [-0.4, -0.2) is 31.5 Å². The number of rotatable bonds is 2. The number of hydrogen-bond donors (Lipinski definition) is 0. The van der Waals surface area contributed by atoms with Crippen molar-refractivity contribution in [3.63, 3.8) is 0 Å². The van der Waals surface area contributed by atoms with E-state index < -0.39 is 0 Å².